The first-order valence-electron chi connectivity index (χ1n) is 5.50. The lowest BCUT2D eigenvalue weighted by atomic mass is 10.1. The third-order valence-electron chi connectivity index (χ3n) is 3.03. The van der Waals surface area contributed by atoms with Gasteiger partial charge in [0.25, 0.3) is 5.91 Å². The van der Waals surface area contributed by atoms with E-state index in [0.717, 1.165) is 12.8 Å². The highest BCUT2D eigenvalue weighted by Crippen LogP contribution is 2.35. The molecule has 0 aliphatic heterocycles. The van der Waals surface area contributed by atoms with Gasteiger partial charge < -0.3 is 14.9 Å². The van der Waals surface area contributed by atoms with E-state index in [1.807, 2.05) is 6.92 Å². The van der Waals surface area contributed by atoms with Crippen LogP contribution in [0.15, 0.2) is 4.52 Å². The average Bonchev–Trinajstić information content (AvgIpc) is 2.94. The van der Waals surface area contributed by atoms with Crippen LogP contribution < -0.4 is 5.32 Å². The van der Waals surface area contributed by atoms with E-state index in [0.29, 0.717) is 23.4 Å². The van der Waals surface area contributed by atoms with E-state index < -0.39 is 5.54 Å². The number of hydrogen-bond acceptors (Lipinski definition) is 4. The number of hydrogen-bond donors (Lipinski definition) is 2. The summed E-state index contributed by atoms with van der Waals surface area (Å²) < 4.78 is 5.00. The molecular formula is C11H16N2O3. The summed E-state index contributed by atoms with van der Waals surface area (Å²) in [6.07, 6.45) is 2.33. The van der Waals surface area contributed by atoms with Crippen molar-refractivity contribution in [2.24, 2.45) is 0 Å². The Morgan fingerprint density at radius 1 is 1.62 bits per heavy atom. The van der Waals surface area contributed by atoms with Crippen LogP contribution in [0.25, 0.3) is 0 Å². The molecule has 1 aromatic rings. The number of aliphatic hydroxyl groups is 1. The molecule has 88 valence electrons. The monoisotopic (exact) mass is 224 g/mol. The van der Waals surface area contributed by atoms with E-state index >= 15 is 0 Å². The van der Waals surface area contributed by atoms with Crippen LogP contribution in [0.2, 0.25) is 0 Å². The predicted octanol–water partition coefficient (Wildman–Crippen LogP) is 0.800. The number of nitrogens with zero attached hydrogens (tertiary/aromatic N) is 1. The highest BCUT2D eigenvalue weighted by atomic mass is 16.5. The molecule has 16 heavy (non-hydrogen) atoms. The highest BCUT2D eigenvalue weighted by molar-refractivity contribution is 5.96. The number of aliphatic hydroxyl groups excluding tert-OH is 1. The number of amides is 1. The molecule has 1 aliphatic rings. The normalized spacial score (nSPS) is 17.2. The summed E-state index contributed by atoms with van der Waals surface area (Å²) in [5.41, 5.74) is 0.789. The summed E-state index contributed by atoms with van der Waals surface area (Å²) in [5, 5.41) is 15.8. The van der Waals surface area contributed by atoms with Crippen molar-refractivity contribution in [2.45, 2.75) is 38.6 Å². The van der Waals surface area contributed by atoms with E-state index in [4.69, 9.17) is 9.63 Å². The summed E-state index contributed by atoms with van der Waals surface area (Å²) in [5.74, 6) is 0.338. The predicted molar refractivity (Wildman–Crippen MR) is 57.1 cm³/mol. The van der Waals surface area contributed by atoms with Gasteiger partial charge in [0.2, 0.25) is 0 Å². The zero-order valence-electron chi connectivity index (χ0n) is 9.54. The van der Waals surface area contributed by atoms with Crippen LogP contribution in [-0.2, 0) is 6.42 Å². The van der Waals surface area contributed by atoms with Gasteiger partial charge in [-0.05, 0) is 26.2 Å². The molecule has 1 fully saturated rings. The molecular weight excluding hydrogens is 208 g/mol. The molecule has 5 heteroatoms. The fourth-order valence-corrected chi connectivity index (χ4v) is 1.73. The molecule has 0 spiro atoms. The van der Waals surface area contributed by atoms with Gasteiger partial charge in [-0.1, -0.05) is 12.1 Å². The minimum absolute atomic E-state index is 0.00940. The Morgan fingerprint density at radius 2 is 2.31 bits per heavy atom. The molecule has 1 aliphatic carbocycles. The molecule has 0 radical (unpaired) electrons. The third kappa shape index (κ3) is 1.82. The Balaban J connectivity index is 2.17. The topological polar surface area (TPSA) is 75.4 Å². The van der Waals surface area contributed by atoms with Gasteiger partial charge in [-0.2, -0.15) is 0 Å². The summed E-state index contributed by atoms with van der Waals surface area (Å²) in [6, 6.07) is 0. The van der Waals surface area contributed by atoms with Crippen LogP contribution in [0.3, 0.4) is 0 Å². The maximum Gasteiger partial charge on any atom is 0.257 e. The smallest absolute Gasteiger partial charge is 0.257 e. The van der Waals surface area contributed by atoms with Crippen molar-refractivity contribution in [1.29, 1.82) is 0 Å². The summed E-state index contributed by atoms with van der Waals surface area (Å²) >= 11 is 0. The molecule has 1 saturated carbocycles. The number of aryl methyl sites for hydroxylation is 2. The molecule has 0 bridgehead atoms. The quantitative estimate of drug-likeness (QED) is 0.793. The fourth-order valence-electron chi connectivity index (χ4n) is 1.73. The molecule has 1 aromatic heterocycles. The SMILES string of the molecule is CCc1noc(C)c1C(=O)NC1(CO)CC1. The van der Waals surface area contributed by atoms with Crippen molar-refractivity contribution in [3.05, 3.63) is 17.0 Å². The van der Waals surface area contributed by atoms with Gasteiger partial charge >= 0.3 is 0 Å². The lowest BCUT2D eigenvalue weighted by Gasteiger charge is -2.13. The number of nitrogens with one attached hydrogen (secondary N) is 1. The number of carbonyl (C=O) groups excluding carboxylic acids is 1. The van der Waals surface area contributed by atoms with Gasteiger partial charge in [0.05, 0.1) is 17.8 Å². The van der Waals surface area contributed by atoms with Crippen molar-refractivity contribution < 1.29 is 14.4 Å². The first-order chi connectivity index (χ1) is 7.62. The molecule has 2 rings (SSSR count). The largest absolute Gasteiger partial charge is 0.394 e. The van der Waals surface area contributed by atoms with Crippen LogP contribution in [0.1, 0.15) is 41.6 Å². The van der Waals surface area contributed by atoms with Gasteiger partial charge in [-0.25, -0.2) is 0 Å². The molecule has 2 N–H and O–H groups in total. The minimum Gasteiger partial charge on any atom is -0.394 e. The van der Waals surface area contributed by atoms with E-state index in [-0.39, 0.29) is 12.5 Å². The molecule has 1 heterocycles. The zero-order valence-corrected chi connectivity index (χ0v) is 9.54. The second-order valence-electron chi connectivity index (χ2n) is 4.31. The number of rotatable bonds is 4. The van der Waals surface area contributed by atoms with Crippen LogP contribution in [0, 0.1) is 6.92 Å². The molecule has 0 unspecified atom stereocenters. The maximum atomic E-state index is 12.0. The van der Waals surface area contributed by atoms with Crippen molar-refractivity contribution in [3.8, 4) is 0 Å². The second-order valence-corrected chi connectivity index (χ2v) is 4.31. The van der Waals surface area contributed by atoms with Crippen LogP contribution in [0.5, 0.6) is 0 Å². The van der Waals surface area contributed by atoms with E-state index in [1.165, 1.54) is 0 Å². The molecule has 0 atom stereocenters. The molecule has 0 aromatic carbocycles. The lowest BCUT2D eigenvalue weighted by molar-refractivity contribution is 0.0904. The van der Waals surface area contributed by atoms with Gasteiger partial charge in [-0.15, -0.1) is 0 Å². The first kappa shape index (κ1) is 11.1. The van der Waals surface area contributed by atoms with Crippen LogP contribution >= 0.6 is 0 Å². The molecule has 0 saturated heterocycles. The summed E-state index contributed by atoms with van der Waals surface area (Å²) in [7, 11) is 0. The first-order valence-corrected chi connectivity index (χ1v) is 5.50. The minimum atomic E-state index is -0.397. The van der Waals surface area contributed by atoms with Crippen LogP contribution in [0.4, 0.5) is 0 Å². The Kier molecular flexibility index (Phi) is 2.71. The van der Waals surface area contributed by atoms with Gasteiger partial charge in [-0.3, -0.25) is 4.79 Å². The third-order valence-corrected chi connectivity index (χ3v) is 3.03. The van der Waals surface area contributed by atoms with Crippen molar-refractivity contribution >= 4 is 5.91 Å². The number of aromatic nitrogens is 1. The molecule has 1 amide bonds. The average molecular weight is 224 g/mol. The molecule has 5 nitrogen and oxygen atoms in total. The van der Waals surface area contributed by atoms with E-state index in [9.17, 15) is 4.79 Å². The van der Waals surface area contributed by atoms with Gasteiger partial charge in [0, 0.05) is 0 Å². The van der Waals surface area contributed by atoms with Crippen molar-refractivity contribution in [2.75, 3.05) is 6.61 Å². The Hall–Kier alpha value is -1.36. The standard InChI is InChI=1S/C11H16N2O3/c1-3-8-9(7(2)16-13-8)10(15)12-11(6-14)4-5-11/h14H,3-6H2,1-2H3,(H,12,15). The van der Waals surface area contributed by atoms with E-state index in [1.54, 1.807) is 6.92 Å². The zero-order chi connectivity index (χ0) is 11.8. The maximum absolute atomic E-state index is 12.0. The summed E-state index contributed by atoms with van der Waals surface area (Å²) in [6.45, 7) is 3.64. The van der Waals surface area contributed by atoms with Gasteiger partial charge in [0.15, 0.2) is 0 Å². The van der Waals surface area contributed by atoms with E-state index in [2.05, 4.69) is 10.5 Å². The Morgan fingerprint density at radius 3 is 2.81 bits per heavy atom. The lowest BCUT2D eigenvalue weighted by Crippen LogP contribution is -2.40. The Bertz CT molecular complexity index is 407. The Labute approximate surface area is 93.8 Å². The second kappa shape index (κ2) is 3.90. The van der Waals surface area contributed by atoms with Crippen molar-refractivity contribution in [1.82, 2.24) is 10.5 Å². The number of carbonyl (C=O) groups is 1. The fraction of sp³-hybridized carbons (Fsp3) is 0.636. The summed E-state index contributed by atoms with van der Waals surface area (Å²) in [4.78, 5) is 12.0. The van der Waals surface area contributed by atoms with Crippen molar-refractivity contribution in [3.63, 3.8) is 0 Å². The van der Waals surface area contributed by atoms with Crippen LogP contribution in [-0.4, -0.2) is 28.3 Å². The highest BCUT2D eigenvalue weighted by Gasteiger charge is 2.44. The van der Waals surface area contributed by atoms with Gasteiger partial charge in [0.1, 0.15) is 11.3 Å².